The van der Waals surface area contributed by atoms with Gasteiger partial charge < -0.3 is 9.67 Å². The van der Waals surface area contributed by atoms with Crippen LogP contribution in [0.1, 0.15) is 22.4 Å². The Morgan fingerprint density at radius 3 is 2.80 bits per heavy atom. The van der Waals surface area contributed by atoms with Gasteiger partial charge in [0.15, 0.2) is 0 Å². The average Bonchev–Trinajstić information content (AvgIpc) is 2.88. The van der Waals surface area contributed by atoms with E-state index in [4.69, 9.17) is 0 Å². The number of aliphatic carboxylic acids is 1. The molecule has 5 nitrogen and oxygen atoms in total. The molecule has 1 aromatic carbocycles. The average molecular weight is 335 g/mol. The van der Waals surface area contributed by atoms with Crippen LogP contribution in [0.2, 0.25) is 0 Å². The quantitative estimate of drug-likeness (QED) is 0.796. The molecule has 0 fully saturated rings. The molecule has 0 bridgehead atoms. The summed E-state index contributed by atoms with van der Waals surface area (Å²) in [6.45, 7) is 4.78. The zero-order valence-electron chi connectivity index (χ0n) is 14.3. The number of aryl methyl sites for hydroxylation is 1. The maximum absolute atomic E-state index is 11.3. The number of aromatic nitrogens is 2. The van der Waals surface area contributed by atoms with Gasteiger partial charge in [0.05, 0.1) is 0 Å². The van der Waals surface area contributed by atoms with E-state index in [1.165, 1.54) is 27.8 Å². The van der Waals surface area contributed by atoms with E-state index in [1.807, 2.05) is 29.1 Å². The zero-order chi connectivity index (χ0) is 17.4. The molecular formula is C20H21N3O2. The highest BCUT2D eigenvalue weighted by molar-refractivity contribution is 5.87. The Kier molecular flexibility index (Phi) is 4.01. The van der Waals surface area contributed by atoms with Crippen molar-refractivity contribution in [3.63, 3.8) is 0 Å². The number of hydrogen-bond acceptors (Lipinski definition) is 3. The van der Waals surface area contributed by atoms with Crippen LogP contribution in [-0.2, 0) is 30.8 Å². The number of nitrogens with zero attached hydrogens (tertiary/aromatic N) is 3. The van der Waals surface area contributed by atoms with Gasteiger partial charge in [0.1, 0.15) is 6.54 Å². The van der Waals surface area contributed by atoms with Crippen LogP contribution < -0.4 is 0 Å². The number of carboxylic acid groups (broad SMARTS) is 1. The monoisotopic (exact) mass is 335 g/mol. The topological polar surface area (TPSA) is 58.4 Å². The molecule has 1 N–H and O–H groups in total. The fourth-order valence-corrected chi connectivity index (χ4v) is 3.82. The predicted molar refractivity (Wildman–Crippen MR) is 96.4 cm³/mol. The van der Waals surface area contributed by atoms with Crippen LogP contribution in [-0.4, -0.2) is 32.1 Å². The van der Waals surface area contributed by atoms with Crippen LogP contribution in [0.15, 0.2) is 42.7 Å². The second-order valence-electron chi connectivity index (χ2n) is 6.74. The summed E-state index contributed by atoms with van der Waals surface area (Å²) in [6.07, 6.45) is 4.53. The maximum atomic E-state index is 11.3. The molecule has 0 atom stereocenters. The number of rotatable bonds is 4. The summed E-state index contributed by atoms with van der Waals surface area (Å²) in [6, 6.07) is 10.4. The van der Waals surface area contributed by atoms with Gasteiger partial charge in [-0.2, -0.15) is 0 Å². The molecule has 3 aromatic rings. The van der Waals surface area contributed by atoms with Crippen molar-refractivity contribution in [2.75, 3.05) is 6.54 Å². The van der Waals surface area contributed by atoms with Gasteiger partial charge in [0.25, 0.3) is 0 Å². The third-order valence-electron chi connectivity index (χ3n) is 4.94. The lowest BCUT2D eigenvalue weighted by Crippen LogP contribution is -2.31. The van der Waals surface area contributed by atoms with Crippen molar-refractivity contribution in [2.45, 2.75) is 33.0 Å². The standard InChI is InChI=1S/C20H21N3O2/c1-14-2-3-18-16(10-14)17-12-22(11-15-4-7-21-8-5-15)9-6-19(17)23(18)13-20(24)25/h2-5,7-8,10H,6,9,11-13H2,1H3,(H,24,25). The van der Waals surface area contributed by atoms with Gasteiger partial charge in [-0.15, -0.1) is 0 Å². The number of pyridine rings is 1. The lowest BCUT2D eigenvalue weighted by Gasteiger charge is -2.28. The number of benzene rings is 1. The normalized spacial score (nSPS) is 14.6. The van der Waals surface area contributed by atoms with E-state index < -0.39 is 5.97 Å². The molecule has 0 aliphatic carbocycles. The van der Waals surface area contributed by atoms with Crippen molar-refractivity contribution in [3.05, 3.63) is 65.1 Å². The van der Waals surface area contributed by atoms with Gasteiger partial charge in [0.2, 0.25) is 0 Å². The van der Waals surface area contributed by atoms with Gasteiger partial charge in [-0.05, 0) is 42.3 Å². The van der Waals surface area contributed by atoms with E-state index in [0.29, 0.717) is 0 Å². The van der Waals surface area contributed by atoms with Crippen molar-refractivity contribution in [2.24, 2.45) is 0 Å². The molecule has 0 amide bonds. The summed E-state index contributed by atoms with van der Waals surface area (Å²) >= 11 is 0. The van der Waals surface area contributed by atoms with Crippen LogP contribution in [0.5, 0.6) is 0 Å². The van der Waals surface area contributed by atoms with Crippen molar-refractivity contribution < 1.29 is 9.90 Å². The first-order valence-electron chi connectivity index (χ1n) is 8.55. The van der Waals surface area contributed by atoms with Crippen LogP contribution in [0.3, 0.4) is 0 Å². The highest BCUT2D eigenvalue weighted by Gasteiger charge is 2.24. The van der Waals surface area contributed by atoms with Gasteiger partial charge in [-0.25, -0.2) is 0 Å². The lowest BCUT2D eigenvalue weighted by molar-refractivity contribution is -0.137. The van der Waals surface area contributed by atoms with E-state index in [2.05, 4.69) is 35.0 Å². The van der Waals surface area contributed by atoms with Gasteiger partial charge in [-0.1, -0.05) is 11.6 Å². The first-order chi connectivity index (χ1) is 12.1. The summed E-state index contributed by atoms with van der Waals surface area (Å²) in [5.74, 6) is -0.792. The summed E-state index contributed by atoms with van der Waals surface area (Å²) in [7, 11) is 0. The molecule has 2 aromatic heterocycles. The molecule has 0 saturated carbocycles. The maximum Gasteiger partial charge on any atom is 0.323 e. The third-order valence-corrected chi connectivity index (χ3v) is 4.94. The summed E-state index contributed by atoms with van der Waals surface area (Å²) in [5.41, 5.74) is 5.94. The fourth-order valence-electron chi connectivity index (χ4n) is 3.82. The summed E-state index contributed by atoms with van der Waals surface area (Å²) < 4.78 is 1.98. The van der Waals surface area contributed by atoms with Gasteiger partial charge >= 0.3 is 5.97 Å². The SMILES string of the molecule is Cc1ccc2c(c1)c1c(n2CC(=O)O)CCN(Cc2ccncc2)C1. The Morgan fingerprint density at radius 1 is 1.24 bits per heavy atom. The Bertz CT molecular complexity index is 931. The van der Waals surface area contributed by atoms with Crippen LogP contribution in [0.25, 0.3) is 10.9 Å². The molecular weight excluding hydrogens is 314 g/mol. The number of hydrogen-bond donors (Lipinski definition) is 1. The van der Waals surface area contributed by atoms with E-state index in [-0.39, 0.29) is 6.54 Å². The Balaban J connectivity index is 1.72. The van der Waals surface area contributed by atoms with Crippen molar-refractivity contribution >= 4 is 16.9 Å². The Hall–Kier alpha value is -2.66. The van der Waals surface area contributed by atoms with E-state index in [0.717, 1.165) is 31.6 Å². The first kappa shape index (κ1) is 15.8. The van der Waals surface area contributed by atoms with E-state index in [1.54, 1.807) is 0 Å². The summed E-state index contributed by atoms with van der Waals surface area (Å²) in [5, 5.41) is 10.5. The lowest BCUT2D eigenvalue weighted by atomic mass is 10.0. The van der Waals surface area contributed by atoms with Crippen molar-refractivity contribution in [1.82, 2.24) is 14.5 Å². The second-order valence-corrected chi connectivity index (χ2v) is 6.74. The Labute approximate surface area is 146 Å². The fraction of sp³-hybridized carbons (Fsp3) is 0.300. The largest absolute Gasteiger partial charge is 0.480 e. The van der Waals surface area contributed by atoms with Crippen LogP contribution >= 0.6 is 0 Å². The minimum absolute atomic E-state index is 0.0270. The number of carbonyl (C=O) groups is 1. The smallest absolute Gasteiger partial charge is 0.323 e. The molecule has 0 unspecified atom stereocenters. The highest BCUT2D eigenvalue weighted by atomic mass is 16.4. The molecule has 5 heteroatoms. The molecule has 1 aliphatic rings. The molecule has 0 saturated heterocycles. The Morgan fingerprint density at radius 2 is 2.04 bits per heavy atom. The van der Waals surface area contributed by atoms with Crippen molar-refractivity contribution in [3.8, 4) is 0 Å². The predicted octanol–water partition coefficient (Wildman–Crippen LogP) is 2.99. The van der Waals surface area contributed by atoms with E-state index >= 15 is 0 Å². The molecule has 0 spiro atoms. The van der Waals surface area contributed by atoms with Gasteiger partial charge in [-0.3, -0.25) is 14.7 Å². The highest BCUT2D eigenvalue weighted by Crippen LogP contribution is 2.32. The molecule has 25 heavy (non-hydrogen) atoms. The van der Waals surface area contributed by atoms with Crippen LogP contribution in [0, 0.1) is 6.92 Å². The van der Waals surface area contributed by atoms with Crippen LogP contribution in [0.4, 0.5) is 0 Å². The zero-order valence-corrected chi connectivity index (χ0v) is 14.3. The van der Waals surface area contributed by atoms with E-state index in [9.17, 15) is 9.90 Å². The number of fused-ring (bicyclic) bond motifs is 3. The third kappa shape index (κ3) is 3.03. The molecule has 3 heterocycles. The molecule has 0 radical (unpaired) electrons. The number of carboxylic acids is 1. The minimum atomic E-state index is -0.792. The molecule has 4 rings (SSSR count). The molecule has 128 valence electrons. The van der Waals surface area contributed by atoms with Crippen molar-refractivity contribution in [1.29, 1.82) is 0 Å². The van der Waals surface area contributed by atoms with Gasteiger partial charge in [0, 0.05) is 55.0 Å². The second kappa shape index (κ2) is 6.33. The summed E-state index contributed by atoms with van der Waals surface area (Å²) in [4.78, 5) is 17.8. The minimum Gasteiger partial charge on any atom is -0.480 e. The molecule has 1 aliphatic heterocycles. The first-order valence-corrected chi connectivity index (χ1v) is 8.55.